The average Bonchev–Trinajstić information content (AvgIpc) is 3.07. The SMILES string of the molecule is C=C(/C=C\C(=C/C)OC)[C@@H]1CN(C(C)(C)CO)C(=O)[C@H]1NC(=O)Nc1ccc(F)cc1. The molecule has 1 heterocycles. The number of nitrogens with one attached hydrogen (secondary N) is 2. The van der Waals surface area contributed by atoms with Crippen molar-refractivity contribution in [3.05, 3.63) is 66.2 Å². The molecular formula is C23H30FN3O4. The lowest BCUT2D eigenvalue weighted by Gasteiger charge is -2.34. The van der Waals surface area contributed by atoms with Gasteiger partial charge in [-0.1, -0.05) is 12.7 Å². The molecule has 0 bridgehead atoms. The van der Waals surface area contributed by atoms with E-state index in [-0.39, 0.29) is 19.1 Å². The first-order chi connectivity index (χ1) is 14.6. The third-order valence-electron chi connectivity index (χ3n) is 5.28. The first-order valence-electron chi connectivity index (χ1n) is 9.95. The highest BCUT2D eigenvalue weighted by Gasteiger charge is 2.47. The Balaban J connectivity index is 2.23. The molecule has 1 aromatic carbocycles. The Morgan fingerprint density at radius 2 is 2.00 bits per heavy atom. The van der Waals surface area contributed by atoms with Crippen molar-refractivity contribution >= 4 is 17.6 Å². The highest BCUT2D eigenvalue weighted by Crippen LogP contribution is 2.31. The fourth-order valence-corrected chi connectivity index (χ4v) is 3.29. The Bertz CT molecular complexity index is 877. The van der Waals surface area contributed by atoms with E-state index in [4.69, 9.17) is 4.74 Å². The number of amides is 3. The van der Waals surface area contributed by atoms with Crippen molar-refractivity contribution in [1.82, 2.24) is 10.2 Å². The second-order valence-electron chi connectivity index (χ2n) is 7.91. The van der Waals surface area contributed by atoms with Crippen molar-refractivity contribution in [2.75, 3.05) is 25.6 Å². The van der Waals surface area contributed by atoms with E-state index in [2.05, 4.69) is 17.2 Å². The summed E-state index contributed by atoms with van der Waals surface area (Å²) in [6.45, 7) is 9.48. The maximum atomic E-state index is 13.1. The Kier molecular flexibility index (Phi) is 7.99. The summed E-state index contributed by atoms with van der Waals surface area (Å²) in [4.78, 5) is 27.2. The molecule has 168 valence electrons. The molecule has 31 heavy (non-hydrogen) atoms. The average molecular weight is 432 g/mol. The molecule has 2 atom stereocenters. The molecule has 1 aromatic rings. The van der Waals surface area contributed by atoms with Crippen molar-refractivity contribution in [3.8, 4) is 0 Å². The van der Waals surface area contributed by atoms with Crippen LogP contribution in [-0.2, 0) is 9.53 Å². The molecule has 2 rings (SSSR count). The number of rotatable bonds is 8. The van der Waals surface area contributed by atoms with E-state index in [9.17, 15) is 19.1 Å². The van der Waals surface area contributed by atoms with Gasteiger partial charge < -0.3 is 25.4 Å². The minimum atomic E-state index is -0.875. The van der Waals surface area contributed by atoms with Crippen LogP contribution in [0.25, 0.3) is 0 Å². The van der Waals surface area contributed by atoms with Gasteiger partial charge in [0.15, 0.2) is 0 Å². The lowest BCUT2D eigenvalue weighted by molar-refractivity contribution is -0.135. The van der Waals surface area contributed by atoms with Crippen LogP contribution in [-0.4, -0.2) is 53.8 Å². The Labute approximate surface area is 182 Å². The first-order valence-corrected chi connectivity index (χ1v) is 9.95. The van der Waals surface area contributed by atoms with Gasteiger partial charge in [-0.2, -0.15) is 0 Å². The number of halogens is 1. The van der Waals surface area contributed by atoms with E-state index in [0.717, 1.165) is 0 Å². The largest absolute Gasteiger partial charge is 0.497 e. The molecule has 1 aliphatic heterocycles. The minimum absolute atomic E-state index is 0.228. The van der Waals surface area contributed by atoms with Crippen LogP contribution >= 0.6 is 0 Å². The maximum Gasteiger partial charge on any atom is 0.319 e. The van der Waals surface area contributed by atoms with Crippen LogP contribution in [0.3, 0.4) is 0 Å². The number of allylic oxidation sites excluding steroid dienone is 3. The van der Waals surface area contributed by atoms with Crippen LogP contribution in [0.15, 0.2) is 60.4 Å². The Hall–Kier alpha value is -3.13. The van der Waals surface area contributed by atoms with Crippen molar-refractivity contribution in [2.45, 2.75) is 32.4 Å². The van der Waals surface area contributed by atoms with Crippen LogP contribution in [0.5, 0.6) is 0 Å². The van der Waals surface area contributed by atoms with Crippen LogP contribution in [0, 0.1) is 11.7 Å². The lowest BCUT2D eigenvalue weighted by Crippen LogP contribution is -2.51. The molecule has 3 N–H and O–H groups in total. The molecule has 3 amide bonds. The number of likely N-dealkylation sites (tertiary alicyclic amines) is 1. The van der Waals surface area contributed by atoms with Gasteiger partial charge in [0, 0.05) is 18.2 Å². The monoisotopic (exact) mass is 431 g/mol. The number of methoxy groups -OCH3 is 1. The number of aliphatic hydroxyl groups is 1. The van der Waals surface area contributed by atoms with Crippen LogP contribution in [0.1, 0.15) is 20.8 Å². The molecule has 1 saturated heterocycles. The smallest absolute Gasteiger partial charge is 0.319 e. The number of aliphatic hydroxyl groups excluding tert-OH is 1. The van der Waals surface area contributed by atoms with Gasteiger partial charge in [0.1, 0.15) is 17.6 Å². The molecule has 0 saturated carbocycles. The number of carbonyl (C=O) groups is 2. The van der Waals surface area contributed by atoms with E-state index in [1.807, 2.05) is 6.92 Å². The van der Waals surface area contributed by atoms with Gasteiger partial charge in [-0.15, -0.1) is 0 Å². The van der Waals surface area contributed by atoms with Gasteiger partial charge in [-0.25, -0.2) is 9.18 Å². The maximum absolute atomic E-state index is 13.1. The molecule has 0 radical (unpaired) electrons. The van der Waals surface area contributed by atoms with E-state index in [0.29, 0.717) is 17.0 Å². The topological polar surface area (TPSA) is 90.9 Å². The number of carbonyl (C=O) groups excluding carboxylic acids is 2. The summed E-state index contributed by atoms with van der Waals surface area (Å²) in [6, 6.07) is 3.84. The fraction of sp³-hybridized carbons (Fsp3) is 0.391. The van der Waals surface area contributed by atoms with E-state index in [1.165, 1.54) is 24.3 Å². The summed E-state index contributed by atoms with van der Waals surface area (Å²) < 4.78 is 18.3. The zero-order valence-electron chi connectivity index (χ0n) is 18.3. The molecule has 8 heteroatoms. The summed E-state index contributed by atoms with van der Waals surface area (Å²) in [6.07, 6.45) is 5.28. The molecule has 1 fully saturated rings. The number of anilines is 1. The molecule has 7 nitrogen and oxygen atoms in total. The van der Waals surface area contributed by atoms with Gasteiger partial charge in [0.2, 0.25) is 5.91 Å². The summed E-state index contributed by atoms with van der Waals surface area (Å²) in [5, 5.41) is 15.0. The fourth-order valence-electron chi connectivity index (χ4n) is 3.29. The normalized spacial score (nSPS) is 19.6. The molecule has 0 aromatic heterocycles. The van der Waals surface area contributed by atoms with E-state index >= 15 is 0 Å². The van der Waals surface area contributed by atoms with Crippen molar-refractivity contribution in [2.24, 2.45) is 5.92 Å². The number of urea groups is 1. The Morgan fingerprint density at radius 1 is 1.35 bits per heavy atom. The van der Waals surface area contributed by atoms with Gasteiger partial charge >= 0.3 is 6.03 Å². The molecular weight excluding hydrogens is 401 g/mol. The van der Waals surface area contributed by atoms with Crippen molar-refractivity contribution < 1.29 is 23.8 Å². The predicted octanol–water partition coefficient (Wildman–Crippen LogP) is 3.21. The van der Waals surface area contributed by atoms with Crippen LogP contribution < -0.4 is 10.6 Å². The number of nitrogens with zero attached hydrogens (tertiary/aromatic N) is 1. The third kappa shape index (κ3) is 5.95. The molecule has 0 spiro atoms. The van der Waals surface area contributed by atoms with Crippen molar-refractivity contribution in [1.29, 1.82) is 0 Å². The summed E-state index contributed by atoms with van der Waals surface area (Å²) >= 11 is 0. The van der Waals surface area contributed by atoms with Crippen molar-refractivity contribution in [3.63, 3.8) is 0 Å². The first kappa shape index (κ1) is 24.1. The zero-order chi connectivity index (χ0) is 23.2. The summed E-state index contributed by atoms with van der Waals surface area (Å²) in [5.41, 5.74) is 0.225. The lowest BCUT2D eigenvalue weighted by atomic mass is 9.94. The Morgan fingerprint density at radius 3 is 2.55 bits per heavy atom. The van der Waals surface area contributed by atoms with Gasteiger partial charge in [-0.05, 0) is 62.8 Å². The number of hydrogen-bond acceptors (Lipinski definition) is 4. The molecule has 0 unspecified atom stereocenters. The standard InChI is InChI=1S/C23H30FN3O4/c1-6-18(31-5)12-7-15(2)19-13-27(23(3,4)14-28)21(29)20(19)26-22(30)25-17-10-8-16(24)9-11-17/h6-12,19-20,28H,2,13-14H2,1,3-5H3,(H2,25,26,30)/b12-7-,18-6+/t19-,20-/m0/s1. The summed E-state index contributed by atoms with van der Waals surface area (Å²) in [7, 11) is 1.55. The highest BCUT2D eigenvalue weighted by molar-refractivity contribution is 5.95. The second kappa shape index (κ2) is 10.3. The molecule has 0 aliphatic carbocycles. The van der Waals surface area contributed by atoms with Crippen LogP contribution in [0.2, 0.25) is 0 Å². The van der Waals surface area contributed by atoms with Gasteiger partial charge in [-0.3, -0.25) is 4.79 Å². The quantitative estimate of drug-likeness (QED) is 0.435. The van der Waals surface area contributed by atoms with Gasteiger partial charge in [0.05, 0.1) is 19.3 Å². The predicted molar refractivity (Wildman–Crippen MR) is 118 cm³/mol. The van der Waals surface area contributed by atoms with E-state index < -0.39 is 29.3 Å². The number of ether oxygens (including phenoxy) is 1. The number of benzene rings is 1. The van der Waals surface area contributed by atoms with E-state index in [1.54, 1.807) is 44.1 Å². The highest BCUT2D eigenvalue weighted by atomic mass is 19.1. The second-order valence-corrected chi connectivity index (χ2v) is 7.91. The minimum Gasteiger partial charge on any atom is -0.497 e. The third-order valence-corrected chi connectivity index (χ3v) is 5.28. The van der Waals surface area contributed by atoms with Crippen LogP contribution in [0.4, 0.5) is 14.9 Å². The molecule has 1 aliphatic rings. The number of hydrogen-bond donors (Lipinski definition) is 3. The summed E-state index contributed by atoms with van der Waals surface area (Å²) in [5.74, 6) is -0.510. The zero-order valence-corrected chi connectivity index (χ0v) is 18.3. The van der Waals surface area contributed by atoms with Gasteiger partial charge in [0.25, 0.3) is 0 Å².